The molecule has 1 fully saturated rings. The molecule has 3 aromatic rings. The monoisotopic (exact) mass is 480 g/mol. The summed E-state index contributed by atoms with van der Waals surface area (Å²) in [5.41, 5.74) is 2.72. The lowest BCUT2D eigenvalue weighted by Gasteiger charge is -2.33. The van der Waals surface area contributed by atoms with Gasteiger partial charge in [0.1, 0.15) is 6.04 Å². The molecule has 2 amide bonds. The number of carbonyl (C=O) groups excluding carboxylic acids is 2. The van der Waals surface area contributed by atoms with Crippen LogP contribution in [0.4, 0.5) is 0 Å². The highest BCUT2D eigenvalue weighted by molar-refractivity contribution is 7.08. The first-order valence-corrected chi connectivity index (χ1v) is 12.8. The maximum absolute atomic E-state index is 13.7. The van der Waals surface area contributed by atoms with Crippen molar-refractivity contribution in [2.45, 2.75) is 57.2 Å². The summed E-state index contributed by atoms with van der Waals surface area (Å²) < 4.78 is 0. The summed E-state index contributed by atoms with van der Waals surface area (Å²) in [5, 5.41) is 7.85. The molecule has 0 bridgehead atoms. The Bertz CT molecular complexity index is 1030. The number of rotatable bonds is 8. The molecule has 0 aliphatic heterocycles. The van der Waals surface area contributed by atoms with Crippen molar-refractivity contribution in [1.29, 1.82) is 0 Å². The second kappa shape index (κ2) is 11.5. The van der Waals surface area contributed by atoms with Gasteiger partial charge in [0.05, 0.1) is 6.42 Å². The highest BCUT2D eigenvalue weighted by Crippen LogP contribution is 2.27. The van der Waals surface area contributed by atoms with Crippen molar-refractivity contribution < 1.29 is 9.59 Å². The Morgan fingerprint density at radius 1 is 0.970 bits per heavy atom. The van der Waals surface area contributed by atoms with Crippen molar-refractivity contribution in [1.82, 2.24) is 10.2 Å². The summed E-state index contributed by atoms with van der Waals surface area (Å²) in [6.45, 7) is 0.331. The van der Waals surface area contributed by atoms with Crippen LogP contribution in [0.2, 0.25) is 5.02 Å². The second-order valence-electron chi connectivity index (χ2n) is 8.61. The van der Waals surface area contributed by atoms with Gasteiger partial charge in [-0.05, 0) is 58.5 Å². The van der Waals surface area contributed by atoms with Gasteiger partial charge in [-0.1, -0.05) is 73.3 Å². The van der Waals surface area contributed by atoms with Crippen LogP contribution in [0.25, 0.3) is 0 Å². The zero-order valence-electron chi connectivity index (χ0n) is 18.6. The van der Waals surface area contributed by atoms with E-state index in [0.29, 0.717) is 11.6 Å². The Morgan fingerprint density at radius 3 is 2.36 bits per heavy atom. The molecule has 0 saturated heterocycles. The Labute approximate surface area is 204 Å². The van der Waals surface area contributed by atoms with Crippen molar-refractivity contribution in [3.05, 3.63) is 93.1 Å². The van der Waals surface area contributed by atoms with Crippen molar-refractivity contribution in [3.63, 3.8) is 0 Å². The van der Waals surface area contributed by atoms with E-state index in [9.17, 15) is 9.59 Å². The molecule has 1 N–H and O–H groups in total. The van der Waals surface area contributed by atoms with Crippen LogP contribution in [-0.2, 0) is 22.6 Å². The SMILES string of the molecule is O=C(NC1CCCCC1)C(c1ccccc1)N(Cc1ccc(Cl)cc1)C(=O)Cc1ccsc1. The number of carbonyl (C=O) groups is 2. The van der Waals surface area contributed by atoms with E-state index in [1.54, 1.807) is 16.2 Å². The Morgan fingerprint density at radius 2 is 1.70 bits per heavy atom. The number of halogens is 1. The minimum Gasteiger partial charge on any atom is -0.351 e. The smallest absolute Gasteiger partial charge is 0.247 e. The lowest BCUT2D eigenvalue weighted by atomic mass is 9.94. The van der Waals surface area contributed by atoms with Crippen LogP contribution in [0.5, 0.6) is 0 Å². The van der Waals surface area contributed by atoms with Crippen LogP contribution in [0.3, 0.4) is 0 Å². The van der Waals surface area contributed by atoms with Crippen LogP contribution in [0.1, 0.15) is 54.8 Å². The lowest BCUT2D eigenvalue weighted by Crippen LogP contribution is -2.47. The molecule has 1 saturated carbocycles. The maximum Gasteiger partial charge on any atom is 0.247 e. The normalized spacial score (nSPS) is 15.1. The zero-order valence-corrected chi connectivity index (χ0v) is 20.2. The largest absolute Gasteiger partial charge is 0.351 e. The fraction of sp³-hybridized carbons (Fsp3) is 0.333. The number of amides is 2. The van der Waals surface area contributed by atoms with Gasteiger partial charge < -0.3 is 10.2 Å². The van der Waals surface area contributed by atoms with Gasteiger partial charge in [-0.3, -0.25) is 9.59 Å². The molecule has 1 aliphatic carbocycles. The summed E-state index contributed by atoms with van der Waals surface area (Å²) in [7, 11) is 0. The van der Waals surface area contributed by atoms with Crippen LogP contribution in [0, 0.1) is 0 Å². The summed E-state index contributed by atoms with van der Waals surface area (Å²) >= 11 is 7.65. The number of benzene rings is 2. The molecule has 1 unspecified atom stereocenters. The van der Waals surface area contributed by atoms with Gasteiger partial charge in [0, 0.05) is 17.6 Å². The Hall–Kier alpha value is -2.63. The predicted octanol–water partition coefficient (Wildman–Crippen LogP) is 6.16. The second-order valence-corrected chi connectivity index (χ2v) is 9.83. The third kappa shape index (κ3) is 6.46. The van der Waals surface area contributed by atoms with E-state index in [1.807, 2.05) is 71.4 Å². The number of hydrogen-bond donors (Lipinski definition) is 1. The van der Waals surface area contributed by atoms with E-state index >= 15 is 0 Å². The third-order valence-corrected chi connectivity index (χ3v) is 7.13. The molecule has 4 nitrogen and oxygen atoms in total. The third-order valence-electron chi connectivity index (χ3n) is 6.15. The number of thiophene rings is 1. The summed E-state index contributed by atoms with van der Waals surface area (Å²) in [5.74, 6) is -0.184. The predicted molar refractivity (Wildman–Crippen MR) is 134 cm³/mol. The van der Waals surface area contributed by atoms with Crippen molar-refractivity contribution in [2.75, 3.05) is 0 Å². The van der Waals surface area contributed by atoms with E-state index in [4.69, 9.17) is 11.6 Å². The molecule has 0 radical (unpaired) electrons. The minimum absolute atomic E-state index is 0.0732. The highest BCUT2D eigenvalue weighted by atomic mass is 35.5. The van der Waals surface area contributed by atoms with Gasteiger partial charge in [0.2, 0.25) is 11.8 Å². The number of nitrogens with zero attached hydrogens (tertiary/aromatic N) is 1. The van der Waals surface area contributed by atoms with Crippen molar-refractivity contribution in [3.8, 4) is 0 Å². The van der Waals surface area contributed by atoms with E-state index < -0.39 is 6.04 Å². The van der Waals surface area contributed by atoms with Crippen LogP contribution in [-0.4, -0.2) is 22.8 Å². The first-order chi connectivity index (χ1) is 16.1. The van der Waals surface area contributed by atoms with Crippen molar-refractivity contribution >= 4 is 34.8 Å². The van der Waals surface area contributed by atoms with E-state index in [-0.39, 0.29) is 24.3 Å². The average Bonchev–Trinajstić information content (AvgIpc) is 3.34. The lowest BCUT2D eigenvalue weighted by molar-refractivity contribution is -0.141. The van der Waals surface area contributed by atoms with Gasteiger partial charge >= 0.3 is 0 Å². The van der Waals surface area contributed by atoms with Gasteiger partial charge in [-0.2, -0.15) is 11.3 Å². The molecule has 1 aromatic heterocycles. The zero-order chi connectivity index (χ0) is 23.0. The topological polar surface area (TPSA) is 49.4 Å². The minimum atomic E-state index is -0.699. The Balaban J connectivity index is 1.66. The molecule has 6 heteroatoms. The van der Waals surface area contributed by atoms with E-state index in [2.05, 4.69) is 5.32 Å². The van der Waals surface area contributed by atoms with Gasteiger partial charge in [0.15, 0.2) is 0 Å². The fourth-order valence-corrected chi connectivity index (χ4v) is 5.21. The molecule has 0 spiro atoms. The first kappa shape index (κ1) is 23.5. The van der Waals surface area contributed by atoms with E-state index in [1.165, 1.54) is 6.42 Å². The van der Waals surface area contributed by atoms with Crippen LogP contribution < -0.4 is 5.32 Å². The van der Waals surface area contributed by atoms with Gasteiger partial charge in [-0.15, -0.1) is 0 Å². The van der Waals surface area contributed by atoms with E-state index in [0.717, 1.165) is 42.4 Å². The van der Waals surface area contributed by atoms with Gasteiger partial charge in [0.25, 0.3) is 0 Å². The maximum atomic E-state index is 13.7. The summed E-state index contributed by atoms with van der Waals surface area (Å²) in [4.78, 5) is 29.0. The Kier molecular flexibility index (Phi) is 8.19. The summed E-state index contributed by atoms with van der Waals surface area (Å²) in [6, 6.07) is 18.5. The molecule has 172 valence electrons. The molecular weight excluding hydrogens is 452 g/mol. The fourth-order valence-electron chi connectivity index (χ4n) is 4.41. The summed E-state index contributed by atoms with van der Waals surface area (Å²) in [6.07, 6.45) is 5.73. The van der Waals surface area contributed by atoms with Gasteiger partial charge in [-0.25, -0.2) is 0 Å². The molecule has 2 aromatic carbocycles. The highest BCUT2D eigenvalue weighted by Gasteiger charge is 2.33. The standard InChI is InChI=1S/C27H29ClN2O2S/c28-23-13-11-20(12-14-23)18-30(25(31)17-21-15-16-33-19-21)26(22-7-3-1-4-8-22)27(32)29-24-9-5-2-6-10-24/h1,3-4,7-8,11-16,19,24,26H,2,5-6,9-10,17-18H2,(H,29,32). The molecule has 4 rings (SSSR count). The van der Waals surface area contributed by atoms with Crippen molar-refractivity contribution in [2.24, 2.45) is 0 Å². The number of hydrogen-bond acceptors (Lipinski definition) is 3. The first-order valence-electron chi connectivity index (χ1n) is 11.5. The number of nitrogens with one attached hydrogen (secondary N) is 1. The molecule has 1 heterocycles. The molecule has 33 heavy (non-hydrogen) atoms. The average molecular weight is 481 g/mol. The molecular formula is C27H29ClN2O2S. The van der Waals surface area contributed by atoms with Crippen LogP contribution in [0.15, 0.2) is 71.4 Å². The molecule has 1 aliphatic rings. The van der Waals surface area contributed by atoms with Crippen LogP contribution >= 0.6 is 22.9 Å². The quantitative estimate of drug-likeness (QED) is 0.419. The molecule has 1 atom stereocenters.